The first-order valence-corrected chi connectivity index (χ1v) is 6.39. The number of nitrogens with one attached hydrogen (secondary N) is 1. The number of halogens is 3. The Morgan fingerprint density at radius 3 is 2.43 bits per heavy atom. The first-order chi connectivity index (χ1) is 9.75. The van der Waals surface area contributed by atoms with Gasteiger partial charge in [0.15, 0.2) is 0 Å². The lowest BCUT2D eigenvalue weighted by molar-refractivity contribution is -0.137. The van der Waals surface area contributed by atoms with Gasteiger partial charge in [-0.25, -0.2) is 5.43 Å². The van der Waals surface area contributed by atoms with Crippen LogP contribution >= 0.6 is 0 Å². The molecule has 3 N–H and O–H groups in total. The minimum absolute atomic E-state index is 0.450. The fourth-order valence-electron chi connectivity index (χ4n) is 2.45. The minimum atomic E-state index is -4.38. The summed E-state index contributed by atoms with van der Waals surface area (Å²) in [6.07, 6.45) is -4.38. The second kappa shape index (κ2) is 5.50. The maximum absolute atomic E-state index is 12.8. The molecule has 2 aromatic rings. The summed E-state index contributed by atoms with van der Waals surface area (Å²) in [5, 5.41) is 4.28. The topological polar surface area (TPSA) is 55.9 Å². The summed E-state index contributed by atoms with van der Waals surface area (Å²) in [6.45, 7) is 3.66. The maximum Gasteiger partial charge on any atom is 0.416 e. The van der Waals surface area contributed by atoms with Gasteiger partial charge in [0.2, 0.25) is 0 Å². The van der Waals surface area contributed by atoms with Crippen molar-refractivity contribution in [2.45, 2.75) is 26.1 Å². The fraction of sp³-hybridized carbons (Fsp3) is 0.357. The van der Waals surface area contributed by atoms with Gasteiger partial charge in [-0.1, -0.05) is 12.1 Å². The van der Waals surface area contributed by atoms with Gasteiger partial charge in [0, 0.05) is 18.3 Å². The van der Waals surface area contributed by atoms with Crippen molar-refractivity contribution in [3.63, 3.8) is 0 Å². The highest BCUT2D eigenvalue weighted by Crippen LogP contribution is 2.33. The predicted molar refractivity (Wildman–Crippen MR) is 73.3 cm³/mol. The lowest BCUT2D eigenvalue weighted by Gasteiger charge is -2.19. The number of benzene rings is 1. The molecule has 1 aromatic carbocycles. The fourth-order valence-corrected chi connectivity index (χ4v) is 2.45. The molecule has 0 fully saturated rings. The highest BCUT2D eigenvalue weighted by atomic mass is 19.4. The zero-order valence-electron chi connectivity index (χ0n) is 12.0. The van der Waals surface area contributed by atoms with Crippen LogP contribution in [-0.2, 0) is 13.2 Å². The molecule has 0 saturated carbocycles. The predicted octanol–water partition coefficient (Wildman–Crippen LogP) is 2.61. The van der Waals surface area contributed by atoms with E-state index >= 15 is 0 Å². The van der Waals surface area contributed by atoms with E-state index < -0.39 is 17.8 Å². The zero-order valence-corrected chi connectivity index (χ0v) is 12.0. The molecular weight excluding hydrogens is 281 g/mol. The van der Waals surface area contributed by atoms with Crippen LogP contribution in [0.25, 0.3) is 0 Å². The van der Waals surface area contributed by atoms with E-state index in [0.29, 0.717) is 5.56 Å². The molecule has 4 nitrogen and oxygen atoms in total. The molecule has 7 heteroatoms. The van der Waals surface area contributed by atoms with Gasteiger partial charge in [-0.2, -0.15) is 18.3 Å². The van der Waals surface area contributed by atoms with Gasteiger partial charge in [-0.15, -0.1) is 0 Å². The van der Waals surface area contributed by atoms with Crippen molar-refractivity contribution in [2.75, 3.05) is 0 Å². The summed E-state index contributed by atoms with van der Waals surface area (Å²) in [5.74, 6) is 5.57. The third-order valence-electron chi connectivity index (χ3n) is 3.57. The van der Waals surface area contributed by atoms with E-state index in [2.05, 4.69) is 10.5 Å². The molecule has 0 aliphatic carbocycles. The lowest BCUT2D eigenvalue weighted by atomic mass is 9.96. The summed E-state index contributed by atoms with van der Waals surface area (Å²) in [7, 11) is 1.78. The summed E-state index contributed by atoms with van der Waals surface area (Å²) >= 11 is 0. The number of aromatic nitrogens is 2. The first-order valence-electron chi connectivity index (χ1n) is 6.39. The number of hydrogen-bond donors (Lipinski definition) is 2. The lowest BCUT2D eigenvalue weighted by Crippen LogP contribution is -2.30. The molecule has 0 saturated heterocycles. The Morgan fingerprint density at radius 1 is 1.29 bits per heavy atom. The molecule has 0 bridgehead atoms. The summed E-state index contributed by atoms with van der Waals surface area (Å²) < 4.78 is 40.2. The average Bonchev–Trinajstić information content (AvgIpc) is 2.66. The Balaban J connectivity index is 2.52. The molecule has 1 heterocycles. The maximum atomic E-state index is 12.8. The van der Waals surface area contributed by atoms with Crippen molar-refractivity contribution in [1.82, 2.24) is 15.2 Å². The quantitative estimate of drug-likeness (QED) is 0.676. The molecule has 1 aromatic heterocycles. The molecular formula is C14H17F3N4. The minimum Gasteiger partial charge on any atom is -0.272 e. The molecule has 0 radical (unpaired) electrons. The van der Waals surface area contributed by atoms with Gasteiger partial charge in [0.25, 0.3) is 0 Å². The van der Waals surface area contributed by atoms with Crippen LogP contribution in [0.2, 0.25) is 0 Å². The van der Waals surface area contributed by atoms with Crippen LogP contribution in [0.3, 0.4) is 0 Å². The molecule has 0 aliphatic heterocycles. The number of aryl methyl sites for hydroxylation is 2. The van der Waals surface area contributed by atoms with Gasteiger partial charge in [-0.05, 0) is 31.5 Å². The third-order valence-corrected chi connectivity index (χ3v) is 3.57. The van der Waals surface area contributed by atoms with Crippen molar-refractivity contribution in [1.29, 1.82) is 0 Å². The number of hydrogen-bond acceptors (Lipinski definition) is 3. The van der Waals surface area contributed by atoms with Gasteiger partial charge in [0.1, 0.15) is 0 Å². The molecule has 0 aliphatic rings. The summed E-state index contributed by atoms with van der Waals surface area (Å²) in [6, 6.07) is 4.60. The third kappa shape index (κ3) is 2.93. The Bertz CT molecular complexity index is 646. The van der Waals surface area contributed by atoms with Crippen molar-refractivity contribution < 1.29 is 13.2 Å². The molecule has 0 amide bonds. The molecule has 0 spiro atoms. The molecule has 21 heavy (non-hydrogen) atoms. The molecule has 1 unspecified atom stereocenters. The van der Waals surface area contributed by atoms with E-state index in [4.69, 9.17) is 5.84 Å². The van der Waals surface area contributed by atoms with Crippen molar-refractivity contribution in [3.8, 4) is 0 Å². The largest absolute Gasteiger partial charge is 0.416 e. The van der Waals surface area contributed by atoms with Gasteiger partial charge >= 0.3 is 6.18 Å². The average molecular weight is 298 g/mol. The van der Waals surface area contributed by atoms with Crippen LogP contribution in [0.15, 0.2) is 24.3 Å². The van der Waals surface area contributed by atoms with Crippen LogP contribution in [-0.4, -0.2) is 9.78 Å². The SMILES string of the molecule is Cc1nn(C)c(C)c1C(NN)c1cccc(C(F)(F)F)c1. The van der Waals surface area contributed by atoms with Crippen LogP contribution in [0.4, 0.5) is 13.2 Å². The van der Waals surface area contributed by atoms with Crippen LogP contribution in [0.1, 0.15) is 34.1 Å². The van der Waals surface area contributed by atoms with E-state index in [9.17, 15) is 13.2 Å². The smallest absolute Gasteiger partial charge is 0.272 e. The van der Waals surface area contributed by atoms with Crippen LogP contribution in [0, 0.1) is 13.8 Å². The second-order valence-corrected chi connectivity index (χ2v) is 4.93. The number of nitrogens with zero attached hydrogens (tertiary/aromatic N) is 2. The molecule has 2 rings (SSSR count). The van der Waals surface area contributed by atoms with E-state index in [1.807, 2.05) is 6.92 Å². The number of nitrogens with two attached hydrogens (primary N) is 1. The van der Waals surface area contributed by atoms with Crippen molar-refractivity contribution in [2.24, 2.45) is 12.9 Å². The Hall–Kier alpha value is -1.86. The van der Waals surface area contributed by atoms with Gasteiger partial charge in [-0.3, -0.25) is 10.5 Å². The van der Waals surface area contributed by atoms with Gasteiger partial charge in [0.05, 0.1) is 17.3 Å². The van der Waals surface area contributed by atoms with E-state index in [1.54, 1.807) is 24.7 Å². The van der Waals surface area contributed by atoms with Crippen molar-refractivity contribution >= 4 is 0 Å². The Labute approximate surface area is 120 Å². The highest BCUT2D eigenvalue weighted by Gasteiger charge is 2.31. The van der Waals surface area contributed by atoms with Crippen molar-refractivity contribution in [3.05, 3.63) is 52.3 Å². The number of hydrazine groups is 1. The monoisotopic (exact) mass is 298 g/mol. The van der Waals surface area contributed by atoms with E-state index in [1.165, 1.54) is 6.07 Å². The summed E-state index contributed by atoms with van der Waals surface area (Å²) in [4.78, 5) is 0. The van der Waals surface area contributed by atoms with E-state index in [-0.39, 0.29) is 0 Å². The Kier molecular flexibility index (Phi) is 4.06. The zero-order chi connectivity index (χ0) is 15.8. The first kappa shape index (κ1) is 15.5. The molecule has 114 valence electrons. The summed E-state index contributed by atoms with van der Waals surface area (Å²) in [5.41, 5.74) is 4.72. The Morgan fingerprint density at radius 2 is 1.95 bits per heavy atom. The van der Waals surface area contributed by atoms with Crippen LogP contribution in [0.5, 0.6) is 0 Å². The standard InChI is InChI=1S/C14H17F3N4/c1-8-12(9(2)21(3)20-8)13(19-18)10-5-4-6-11(7-10)14(15,16)17/h4-7,13,19H,18H2,1-3H3. The number of alkyl halides is 3. The normalized spacial score (nSPS) is 13.5. The van der Waals surface area contributed by atoms with Gasteiger partial charge < -0.3 is 0 Å². The molecule has 1 atom stereocenters. The number of rotatable bonds is 3. The van der Waals surface area contributed by atoms with Crippen LogP contribution < -0.4 is 11.3 Å². The highest BCUT2D eigenvalue weighted by molar-refractivity contribution is 5.39. The second-order valence-electron chi connectivity index (χ2n) is 4.93. The van der Waals surface area contributed by atoms with E-state index in [0.717, 1.165) is 29.1 Å².